The molecule has 0 aliphatic rings. The molecule has 0 bridgehead atoms. The van der Waals surface area contributed by atoms with Gasteiger partial charge in [-0.15, -0.1) is 11.3 Å². The maximum atomic E-state index is 12.3. The summed E-state index contributed by atoms with van der Waals surface area (Å²) in [5.74, 6) is 0. The fraction of sp³-hybridized carbons (Fsp3) is 0.143. The van der Waals surface area contributed by atoms with Crippen molar-refractivity contribution < 1.29 is 8.42 Å². The van der Waals surface area contributed by atoms with Gasteiger partial charge in [0.25, 0.3) is 10.0 Å². The second-order valence-corrected chi connectivity index (χ2v) is 7.66. The molecule has 0 unspecified atom stereocenters. The van der Waals surface area contributed by atoms with Crippen molar-refractivity contribution in [3.8, 4) is 0 Å². The normalized spacial score (nSPS) is 11.5. The Labute approximate surface area is 132 Å². The van der Waals surface area contributed by atoms with E-state index in [0.29, 0.717) is 11.7 Å². The van der Waals surface area contributed by atoms with Gasteiger partial charge in [-0.2, -0.15) is 5.10 Å². The fourth-order valence-corrected chi connectivity index (χ4v) is 3.77. The van der Waals surface area contributed by atoms with Crippen LogP contribution in [0.2, 0.25) is 0 Å². The van der Waals surface area contributed by atoms with Crippen LogP contribution in [0.15, 0.2) is 53.8 Å². The summed E-state index contributed by atoms with van der Waals surface area (Å²) in [6.45, 7) is 2.39. The largest absolute Gasteiger partial charge is 0.267 e. The molecule has 0 spiro atoms. The van der Waals surface area contributed by atoms with E-state index < -0.39 is 10.0 Å². The highest BCUT2D eigenvalue weighted by Crippen LogP contribution is 2.20. The molecule has 0 amide bonds. The number of aromatic nitrogens is 3. The summed E-state index contributed by atoms with van der Waals surface area (Å²) in [4.78, 5) is 5.07. The van der Waals surface area contributed by atoms with Crippen LogP contribution in [0.3, 0.4) is 0 Å². The Morgan fingerprint density at radius 3 is 2.68 bits per heavy atom. The summed E-state index contributed by atoms with van der Waals surface area (Å²) < 4.78 is 28.6. The third-order valence-corrected chi connectivity index (χ3v) is 5.20. The predicted octanol–water partition coefficient (Wildman–Crippen LogP) is 2.50. The molecule has 1 N–H and O–H groups in total. The molecule has 114 valence electrons. The number of nitrogens with zero attached hydrogens (tertiary/aromatic N) is 3. The first-order chi connectivity index (χ1) is 10.5. The number of sulfonamides is 1. The summed E-state index contributed by atoms with van der Waals surface area (Å²) >= 11 is 1.29. The van der Waals surface area contributed by atoms with Gasteiger partial charge in [-0.05, 0) is 12.5 Å². The van der Waals surface area contributed by atoms with Gasteiger partial charge in [0.2, 0.25) is 0 Å². The molecule has 0 fully saturated rings. The van der Waals surface area contributed by atoms with E-state index in [1.165, 1.54) is 23.7 Å². The van der Waals surface area contributed by atoms with E-state index in [-0.39, 0.29) is 4.90 Å². The van der Waals surface area contributed by atoms with E-state index in [0.717, 1.165) is 10.4 Å². The zero-order valence-corrected chi connectivity index (χ0v) is 13.4. The van der Waals surface area contributed by atoms with E-state index in [1.54, 1.807) is 10.9 Å². The van der Waals surface area contributed by atoms with Crippen LogP contribution in [-0.2, 0) is 16.6 Å². The van der Waals surface area contributed by atoms with Crippen LogP contribution in [0, 0.1) is 6.92 Å². The van der Waals surface area contributed by atoms with Gasteiger partial charge in [-0.25, -0.2) is 13.4 Å². The van der Waals surface area contributed by atoms with Crippen molar-refractivity contribution in [1.29, 1.82) is 0 Å². The molecule has 1 aromatic carbocycles. The van der Waals surface area contributed by atoms with Crippen molar-refractivity contribution in [3.63, 3.8) is 0 Å². The first-order valence-corrected chi connectivity index (χ1v) is 8.84. The molecule has 3 rings (SSSR count). The summed E-state index contributed by atoms with van der Waals surface area (Å²) in [5, 5.41) is 4.46. The van der Waals surface area contributed by atoms with Crippen LogP contribution in [0.25, 0.3) is 0 Å². The van der Waals surface area contributed by atoms with Gasteiger partial charge in [-0.3, -0.25) is 9.40 Å². The van der Waals surface area contributed by atoms with Crippen LogP contribution in [0.1, 0.15) is 10.4 Å². The van der Waals surface area contributed by atoms with E-state index in [4.69, 9.17) is 0 Å². The molecule has 0 aliphatic carbocycles. The number of benzene rings is 1. The zero-order valence-electron chi connectivity index (χ0n) is 11.8. The Morgan fingerprint density at radius 2 is 2.00 bits per heavy atom. The van der Waals surface area contributed by atoms with Crippen molar-refractivity contribution >= 4 is 26.5 Å². The van der Waals surface area contributed by atoms with Crippen LogP contribution in [0.4, 0.5) is 5.13 Å². The lowest BCUT2D eigenvalue weighted by atomic mass is 10.2. The topological polar surface area (TPSA) is 76.9 Å². The lowest BCUT2D eigenvalue weighted by molar-refractivity contribution is 0.600. The lowest BCUT2D eigenvalue weighted by Crippen LogP contribution is -2.12. The molecule has 2 heterocycles. The number of hydrogen-bond acceptors (Lipinski definition) is 5. The van der Waals surface area contributed by atoms with E-state index in [9.17, 15) is 8.42 Å². The highest BCUT2D eigenvalue weighted by atomic mass is 32.2. The summed E-state index contributed by atoms with van der Waals surface area (Å²) in [7, 11) is -3.66. The van der Waals surface area contributed by atoms with Crippen molar-refractivity contribution in [2.75, 3.05) is 4.72 Å². The Hall–Kier alpha value is -2.19. The van der Waals surface area contributed by atoms with Crippen molar-refractivity contribution in [2.24, 2.45) is 0 Å². The number of thiazole rings is 1. The zero-order chi connectivity index (χ0) is 15.6. The number of rotatable bonds is 5. The molecule has 8 heteroatoms. The SMILES string of the molecule is Cc1cnc(NS(=O)(=O)c2cnn(Cc3ccccc3)c2)s1. The van der Waals surface area contributed by atoms with Gasteiger partial charge >= 0.3 is 0 Å². The number of nitrogens with one attached hydrogen (secondary N) is 1. The number of anilines is 1. The minimum Gasteiger partial charge on any atom is -0.267 e. The molecule has 22 heavy (non-hydrogen) atoms. The van der Waals surface area contributed by atoms with Crippen LogP contribution in [0.5, 0.6) is 0 Å². The van der Waals surface area contributed by atoms with E-state index in [2.05, 4.69) is 14.8 Å². The average molecular weight is 334 g/mol. The van der Waals surface area contributed by atoms with Gasteiger partial charge in [-0.1, -0.05) is 30.3 Å². The van der Waals surface area contributed by atoms with Crippen molar-refractivity contribution in [2.45, 2.75) is 18.4 Å². The molecule has 6 nitrogen and oxygen atoms in total. The number of aryl methyl sites for hydroxylation is 1. The molecule has 0 saturated heterocycles. The Morgan fingerprint density at radius 1 is 1.23 bits per heavy atom. The van der Waals surface area contributed by atoms with E-state index >= 15 is 0 Å². The Kier molecular flexibility index (Phi) is 3.95. The van der Waals surface area contributed by atoms with Gasteiger partial charge < -0.3 is 0 Å². The molecule has 0 radical (unpaired) electrons. The molecule has 3 aromatic rings. The molecule has 0 atom stereocenters. The highest BCUT2D eigenvalue weighted by Gasteiger charge is 2.18. The first kappa shape index (κ1) is 14.7. The minimum absolute atomic E-state index is 0.122. The van der Waals surface area contributed by atoms with Crippen LogP contribution >= 0.6 is 11.3 Å². The quantitative estimate of drug-likeness (QED) is 0.778. The molecular weight excluding hydrogens is 320 g/mol. The Balaban J connectivity index is 1.77. The van der Waals surface area contributed by atoms with Crippen LogP contribution < -0.4 is 4.72 Å². The summed E-state index contributed by atoms with van der Waals surface area (Å²) in [5.41, 5.74) is 1.05. The maximum Gasteiger partial charge on any atom is 0.266 e. The molecule has 0 saturated carbocycles. The van der Waals surface area contributed by atoms with Crippen molar-refractivity contribution in [1.82, 2.24) is 14.8 Å². The monoisotopic (exact) mass is 334 g/mol. The third kappa shape index (κ3) is 3.34. The second-order valence-electron chi connectivity index (χ2n) is 4.74. The second kappa shape index (κ2) is 5.90. The Bertz CT molecular complexity index is 869. The van der Waals surface area contributed by atoms with Crippen molar-refractivity contribution in [3.05, 3.63) is 59.4 Å². The average Bonchev–Trinajstić information content (AvgIpc) is 3.09. The third-order valence-electron chi connectivity index (χ3n) is 2.95. The molecular formula is C14H14N4O2S2. The lowest BCUT2D eigenvalue weighted by Gasteiger charge is -2.02. The van der Waals surface area contributed by atoms with Gasteiger partial charge in [0, 0.05) is 17.3 Å². The molecule has 0 aliphatic heterocycles. The smallest absolute Gasteiger partial charge is 0.266 e. The summed E-state index contributed by atoms with van der Waals surface area (Å²) in [6.07, 6.45) is 4.48. The molecule has 2 aromatic heterocycles. The number of hydrogen-bond donors (Lipinski definition) is 1. The minimum atomic E-state index is -3.66. The first-order valence-electron chi connectivity index (χ1n) is 6.54. The van der Waals surface area contributed by atoms with Gasteiger partial charge in [0.15, 0.2) is 5.13 Å². The predicted molar refractivity (Wildman–Crippen MR) is 85.4 cm³/mol. The van der Waals surface area contributed by atoms with Gasteiger partial charge in [0.05, 0.1) is 12.7 Å². The van der Waals surface area contributed by atoms with Crippen LogP contribution in [-0.4, -0.2) is 23.2 Å². The fourth-order valence-electron chi connectivity index (χ4n) is 1.92. The van der Waals surface area contributed by atoms with Gasteiger partial charge in [0.1, 0.15) is 4.90 Å². The maximum absolute atomic E-state index is 12.3. The van der Waals surface area contributed by atoms with E-state index in [1.807, 2.05) is 37.3 Å². The standard InChI is InChI=1S/C14H14N4O2S2/c1-11-7-15-14(21-11)17-22(19,20)13-8-16-18(10-13)9-12-5-3-2-4-6-12/h2-8,10H,9H2,1H3,(H,15,17). The summed E-state index contributed by atoms with van der Waals surface area (Å²) in [6, 6.07) is 9.73. The highest BCUT2D eigenvalue weighted by molar-refractivity contribution is 7.93.